The molecule has 0 spiro atoms. The van der Waals surface area contributed by atoms with Crippen LogP contribution in [0, 0.1) is 0 Å². The number of hydrogen-bond acceptors (Lipinski definition) is 20. The molecule has 408 valence electrons. The molecule has 2 fully saturated rings. The van der Waals surface area contributed by atoms with Gasteiger partial charge >= 0.3 is 53.8 Å². The first kappa shape index (κ1) is 56.8. The molecule has 2 heterocycles. The van der Waals surface area contributed by atoms with Crippen LogP contribution in [0.1, 0.15) is 74.7 Å². The number of nitrogens with zero attached hydrogens (tertiary/aromatic N) is 1. The fraction of sp³-hybridized carbons (Fsp3) is 0.316. The Balaban J connectivity index is 1.43. The van der Waals surface area contributed by atoms with Crippen LogP contribution in [-0.4, -0.2) is 140 Å². The zero-order valence-electron chi connectivity index (χ0n) is 42.6. The third-order valence-electron chi connectivity index (χ3n) is 12.1. The van der Waals surface area contributed by atoms with Crippen molar-refractivity contribution >= 4 is 53.8 Å². The lowest BCUT2D eigenvalue weighted by Gasteiger charge is -2.51. The van der Waals surface area contributed by atoms with Crippen LogP contribution < -0.4 is 0 Å². The maximum absolute atomic E-state index is 15.3. The molecule has 1 amide bonds. The molecule has 0 aromatic heterocycles. The number of benzene rings is 5. The summed E-state index contributed by atoms with van der Waals surface area (Å²) in [5.41, 5.74) is 0.542. The van der Waals surface area contributed by atoms with Crippen molar-refractivity contribution in [2.24, 2.45) is 0 Å². The van der Waals surface area contributed by atoms with Gasteiger partial charge in [0.2, 0.25) is 0 Å². The van der Waals surface area contributed by atoms with Crippen LogP contribution >= 0.6 is 0 Å². The average molecular weight is 1070 g/mol. The third-order valence-corrected chi connectivity index (χ3v) is 12.1. The number of ether oxygens (including phenoxy) is 11. The molecule has 78 heavy (non-hydrogen) atoms. The van der Waals surface area contributed by atoms with E-state index in [1.54, 1.807) is 103 Å². The second kappa shape index (κ2) is 27.2. The van der Waals surface area contributed by atoms with Crippen LogP contribution in [0.15, 0.2) is 152 Å². The summed E-state index contributed by atoms with van der Waals surface area (Å²) in [5, 5.41) is 0. The predicted octanol–water partition coefficient (Wildman–Crippen LogP) is 6.01. The SMILES string of the molecule is CC(=O)OC[C@H]1O[C@@H](OC[C@@H]2[C@H](OC(=O)c3ccccc3)[C@@H](OC(=O)c3ccccc3)[C@H](OC(=O)c3ccccc3)[C@@H](COC(=O)c3ccccc3)N2C(=O)OCc2ccccc2)[C@H](OC(C)=O)[C@@H](OC(C)=O)[C@@H]1OC(C)=O. The van der Waals surface area contributed by atoms with E-state index in [1.807, 2.05) is 0 Å². The topological polar surface area (TPSA) is 258 Å². The lowest BCUT2D eigenvalue weighted by Crippen LogP contribution is -2.72. The molecule has 0 N–H and O–H groups in total. The quantitative estimate of drug-likeness (QED) is 0.0677. The van der Waals surface area contributed by atoms with Crippen LogP contribution in [0.2, 0.25) is 0 Å². The summed E-state index contributed by atoms with van der Waals surface area (Å²) >= 11 is 0. The second-order valence-electron chi connectivity index (χ2n) is 17.7. The lowest BCUT2D eigenvalue weighted by atomic mass is 9.87. The Morgan fingerprint density at radius 3 is 1.22 bits per heavy atom. The Morgan fingerprint density at radius 2 is 0.769 bits per heavy atom. The molecule has 0 unspecified atom stereocenters. The second-order valence-corrected chi connectivity index (χ2v) is 17.7. The highest BCUT2D eigenvalue weighted by Crippen LogP contribution is 2.36. The van der Waals surface area contributed by atoms with Crippen molar-refractivity contribution < 1.29 is 95.3 Å². The zero-order chi connectivity index (χ0) is 55.7. The molecule has 5 aromatic rings. The van der Waals surface area contributed by atoms with E-state index in [-0.39, 0.29) is 28.9 Å². The molecule has 2 saturated heterocycles. The van der Waals surface area contributed by atoms with E-state index in [4.69, 9.17) is 52.1 Å². The number of carbonyl (C=O) groups excluding carboxylic acids is 9. The highest BCUT2D eigenvalue weighted by molar-refractivity contribution is 5.92. The van der Waals surface area contributed by atoms with Crippen LogP contribution in [0.4, 0.5) is 4.79 Å². The van der Waals surface area contributed by atoms with Gasteiger partial charge in [-0.05, 0) is 54.1 Å². The van der Waals surface area contributed by atoms with E-state index >= 15 is 4.79 Å². The fourth-order valence-corrected chi connectivity index (χ4v) is 8.66. The molecule has 0 radical (unpaired) electrons. The van der Waals surface area contributed by atoms with Gasteiger partial charge in [0.05, 0.1) is 34.9 Å². The molecule has 0 aliphatic carbocycles. The third kappa shape index (κ3) is 15.1. The smallest absolute Gasteiger partial charge is 0.411 e. The first-order valence-corrected chi connectivity index (χ1v) is 24.5. The predicted molar refractivity (Wildman–Crippen MR) is 268 cm³/mol. The Morgan fingerprint density at radius 1 is 0.385 bits per heavy atom. The van der Waals surface area contributed by atoms with Gasteiger partial charge in [-0.3, -0.25) is 24.1 Å². The minimum absolute atomic E-state index is 0.00387. The molecule has 2 aliphatic rings. The van der Waals surface area contributed by atoms with E-state index < -0.39 is 135 Å². The molecule has 21 heteroatoms. The molecule has 2 aliphatic heterocycles. The van der Waals surface area contributed by atoms with Gasteiger partial charge in [-0.2, -0.15) is 0 Å². The van der Waals surface area contributed by atoms with Crippen molar-refractivity contribution in [1.29, 1.82) is 0 Å². The maximum atomic E-state index is 15.3. The first-order valence-electron chi connectivity index (χ1n) is 24.5. The van der Waals surface area contributed by atoms with Crippen LogP contribution in [0.5, 0.6) is 0 Å². The van der Waals surface area contributed by atoms with Gasteiger partial charge in [-0.1, -0.05) is 103 Å². The largest absolute Gasteiger partial charge is 0.463 e. The Hall–Kier alpha value is -8.95. The average Bonchev–Trinajstić information content (AvgIpc) is 3.62. The van der Waals surface area contributed by atoms with Gasteiger partial charge in [0.15, 0.2) is 42.9 Å². The van der Waals surface area contributed by atoms with Crippen LogP contribution in [0.3, 0.4) is 0 Å². The van der Waals surface area contributed by atoms with Crippen molar-refractivity contribution in [2.45, 2.75) is 95.4 Å². The van der Waals surface area contributed by atoms with Crippen molar-refractivity contribution in [2.75, 3.05) is 19.8 Å². The Kier molecular flexibility index (Phi) is 19.8. The first-order chi connectivity index (χ1) is 37.6. The molecule has 7 rings (SSSR count). The number of rotatable bonds is 19. The van der Waals surface area contributed by atoms with Gasteiger partial charge in [0, 0.05) is 27.7 Å². The zero-order valence-corrected chi connectivity index (χ0v) is 42.6. The van der Waals surface area contributed by atoms with Crippen LogP contribution in [0.25, 0.3) is 0 Å². The Bertz CT molecular complexity index is 2870. The lowest BCUT2D eigenvalue weighted by molar-refractivity contribution is -0.312. The summed E-state index contributed by atoms with van der Waals surface area (Å²) in [6.07, 6.45) is -15.5. The molecule has 10 atom stereocenters. The molecule has 0 bridgehead atoms. The minimum Gasteiger partial charge on any atom is -0.463 e. The van der Waals surface area contributed by atoms with E-state index in [2.05, 4.69) is 0 Å². The van der Waals surface area contributed by atoms with Gasteiger partial charge in [0.25, 0.3) is 0 Å². The van der Waals surface area contributed by atoms with Gasteiger partial charge in [0.1, 0.15) is 32.0 Å². The van der Waals surface area contributed by atoms with E-state index in [1.165, 1.54) is 48.5 Å². The normalized spacial score (nSPS) is 22.5. The highest BCUT2D eigenvalue weighted by Gasteiger charge is 2.59. The summed E-state index contributed by atoms with van der Waals surface area (Å²) in [4.78, 5) is 124. The van der Waals surface area contributed by atoms with Crippen LogP contribution in [-0.2, 0) is 77.9 Å². The maximum Gasteiger partial charge on any atom is 0.411 e. The summed E-state index contributed by atoms with van der Waals surface area (Å²) in [5.74, 6) is -7.59. The Labute approximate surface area is 447 Å². The minimum atomic E-state index is -1.95. The highest BCUT2D eigenvalue weighted by atomic mass is 16.7. The molecular weight excluding hydrogens is 1020 g/mol. The molecule has 0 saturated carbocycles. The number of likely N-dealkylation sites (tertiary alicyclic amines) is 1. The van der Waals surface area contributed by atoms with E-state index in [0.717, 1.165) is 32.6 Å². The number of esters is 8. The molecular formula is C57H55NO20. The number of hydrogen-bond donors (Lipinski definition) is 0. The number of piperidine rings is 1. The van der Waals surface area contributed by atoms with Gasteiger partial charge in [-0.15, -0.1) is 0 Å². The summed E-state index contributed by atoms with van der Waals surface area (Å²) in [6, 6.07) is 35.5. The number of amides is 1. The van der Waals surface area contributed by atoms with Crippen molar-refractivity contribution in [3.8, 4) is 0 Å². The standard InChI is InChI=1S/C57H55NO20/c1-34(59)68-33-45-48(72-35(2)60)50(73-36(3)61)51(74-37(4)62)56(75-45)70-32-44-47(77-54(65)41-26-16-8-17-27-41)49(78-55(66)42-28-18-9-19-29-42)46(76-53(64)40-24-14-7-15-25-40)43(31-69-52(63)39-22-12-6-13-23-39)58(44)57(67)71-30-38-20-10-5-11-21-38/h5-29,43-51,56H,30-33H2,1-4H3/t43-,44-,45-,46-,47+,48-,49+,50+,51-,56-/m1/s1. The monoisotopic (exact) mass is 1070 g/mol. The van der Waals surface area contributed by atoms with Crippen molar-refractivity contribution in [3.63, 3.8) is 0 Å². The van der Waals surface area contributed by atoms with Gasteiger partial charge in [-0.25, -0.2) is 24.0 Å². The molecule has 21 nitrogen and oxygen atoms in total. The van der Waals surface area contributed by atoms with Crippen molar-refractivity contribution in [1.82, 2.24) is 4.90 Å². The van der Waals surface area contributed by atoms with Gasteiger partial charge < -0.3 is 52.1 Å². The van der Waals surface area contributed by atoms with E-state index in [9.17, 15) is 38.4 Å². The summed E-state index contributed by atoms with van der Waals surface area (Å²) in [6.45, 7) is 1.43. The summed E-state index contributed by atoms with van der Waals surface area (Å²) < 4.78 is 65.7. The fourth-order valence-electron chi connectivity index (χ4n) is 8.66. The van der Waals surface area contributed by atoms with E-state index in [0.29, 0.717) is 5.56 Å². The molecule has 5 aromatic carbocycles. The number of carbonyl (C=O) groups is 9. The summed E-state index contributed by atoms with van der Waals surface area (Å²) in [7, 11) is 0. The van der Waals surface area contributed by atoms with Crippen molar-refractivity contribution in [3.05, 3.63) is 179 Å².